The van der Waals surface area contributed by atoms with Crippen molar-refractivity contribution in [2.45, 2.75) is 39.8 Å². The minimum absolute atomic E-state index is 0.116. The fraction of sp³-hybridized carbons (Fsp3) is 0.571. The molecule has 1 aromatic rings. The van der Waals surface area contributed by atoms with E-state index in [2.05, 4.69) is 42.9 Å². The summed E-state index contributed by atoms with van der Waals surface area (Å²) in [6.07, 6.45) is 1.72. The van der Waals surface area contributed by atoms with Gasteiger partial charge in [0, 0.05) is 31.4 Å². The number of nitrogens with zero attached hydrogens (tertiary/aromatic N) is 1. The molecule has 0 unspecified atom stereocenters. The third-order valence-electron chi connectivity index (χ3n) is 3.04. The summed E-state index contributed by atoms with van der Waals surface area (Å²) in [5, 5.41) is 2.91. The molecule has 106 valence electrons. The number of H-pyrrole nitrogens is 1. The smallest absolute Gasteiger partial charge is 0.254 e. The van der Waals surface area contributed by atoms with E-state index in [1.165, 1.54) is 0 Å². The molecule has 19 heavy (non-hydrogen) atoms. The molecular formula is C14H23N3OS. The molecule has 0 saturated heterocycles. The molecule has 0 bridgehead atoms. The second kappa shape index (κ2) is 7.40. The number of aromatic nitrogens is 1. The first-order valence-electron chi connectivity index (χ1n) is 6.65. The molecule has 4 nitrogen and oxygen atoms in total. The fourth-order valence-corrected chi connectivity index (χ4v) is 2.34. The highest BCUT2D eigenvalue weighted by molar-refractivity contribution is 7.71. The van der Waals surface area contributed by atoms with E-state index < -0.39 is 0 Å². The zero-order valence-electron chi connectivity index (χ0n) is 12.1. The first-order valence-corrected chi connectivity index (χ1v) is 7.06. The van der Waals surface area contributed by atoms with Gasteiger partial charge in [0.25, 0.3) is 5.91 Å². The van der Waals surface area contributed by atoms with Gasteiger partial charge in [0.2, 0.25) is 0 Å². The van der Waals surface area contributed by atoms with Gasteiger partial charge in [0.15, 0.2) is 0 Å². The maximum absolute atomic E-state index is 12.0. The third-order valence-corrected chi connectivity index (χ3v) is 3.38. The van der Waals surface area contributed by atoms with Crippen molar-refractivity contribution in [3.05, 3.63) is 28.5 Å². The number of rotatable bonds is 6. The van der Waals surface area contributed by atoms with Crippen molar-refractivity contribution >= 4 is 18.1 Å². The zero-order chi connectivity index (χ0) is 14.4. The molecule has 0 atom stereocenters. The molecule has 1 aromatic heterocycles. The van der Waals surface area contributed by atoms with Crippen LogP contribution < -0.4 is 5.32 Å². The Bertz CT molecular complexity index is 460. The Labute approximate surface area is 120 Å². The van der Waals surface area contributed by atoms with Gasteiger partial charge in [-0.1, -0.05) is 12.2 Å². The lowest BCUT2D eigenvalue weighted by molar-refractivity contribution is 0.0938. The zero-order valence-corrected chi connectivity index (χ0v) is 12.9. The Morgan fingerprint density at radius 1 is 1.37 bits per heavy atom. The Morgan fingerprint density at radius 2 is 2.00 bits per heavy atom. The minimum Gasteiger partial charge on any atom is -0.352 e. The summed E-state index contributed by atoms with van der Waals surface area (Å²) in [4.78, 5) is 17.2. The number of nitrogens with one attached hydrogen (secondary N) is 2. The van der Waals surface area contributed by atoms with Gasteiger partial charge in [0.1, 0.15) is 4.64 Å². The Morgan fingerprint density at radius 3 is 2.53 bits per heavy atom. The average Bonchev–Trinajstić information content (AvgIpc) is 2.33. The normalized spacial score (nSPS) is 11.3. The van der Waals surface area contributed by atoms with Gasteiger partial charge in [-0.15, -0.1) is 0 Å². The summed E-state index contributed by atoms with van der Waals surface area (Å²) in [6.45, 7) is 10.1. The summed E-state index contributed by atoms with van der Waals surface area (Å²) in [6, 6.07) is 4.45. The van der Waals surface area contributed by atoms with E-state index in [0.29, 0.717) is 28.8 Å². The van der Waals surface area contributed by atoms with E-state index in [4.69, 9.17) is 12.2 Å². The van der Waals surface area contributed by atoms with Gasteiger partial charge in [-0.25, -0.2) is 0 Å². The maximum atomic E-state index is 12.0. The summed E-state index contributed by atoms with van der Waals surface area (Å²) >= 11 is 5.09. The summed E-state index contributed by atoms with van der Waals surface area (Å²) in [5.41, 5.74) is 0.526. The topological polar surface area (TPSA) is 48.1 Å². The molecule has 0 radical (unpaired) electrons. The highest BCUT2D eigenvalue weighted by Crippen LogP contribution is 2.04. The molecule has 0 aliphatic rings. The van der Waals surface area contributed by atoms with Gasteiger partial charge in [-0.05, 0) is 39.8 Å². The first-order chi connectivity index (χ1) is 8.93. The highest BCUT2D eigenvalue weighted by Gasteiger charge is 2.13. The molecule has 0 aromatic carbocycles. The van der Waals surface area contributed by atoms with Crippen molar-refractivity contribution in [2.24, 2.45) is 0 Å². The number of hydrogen-bond donors (Lipinski definition) is 2. The van der Waals surface area contributed by atoms with Crippen LogP contribution in [-0.2, 0) is 0 Å². The van der Waals surface area contributed by atoms with E-state index in [9.17, 15) is 4.79 Å². The van der Waals surface area contributed by atoms with Gasteiger partial charge in [-0.3, -0.25) is 9.69 Å². The van der Waals surface area contributed by atoms with Gasteiger partial charge < -0.3 is 10.3 Å². The average molecular weight is 281 g/mol. The number of pyridine rings is 1. The second-order valence-electron chi connectivity index (χ2n) is 5.09. The predicted octanol–water partition coefficient (Wildman–Crippen LogP) is 2.59. The van der Waals surface area contributed by atoms with Crippen LogP contribution in [0.4, 0.5) is 0 Å². The van der Waals surface area contributed by atoms with Crippen LogP contribution in [0, 0.1) is 4.64 Å². The standard InChI is InChI=1S/C14H23N3OS/c1-10(2)17(11(3)4)9-8-15-13(18)12-6-5-7-16-14(12)19/h5-7,10-11H,8-9H2,1-4H3,(H,15,18)(H,16,19). The quantitative estimate of drug-likeness (QED) is 0.788. The number of aromatic amines is 1. The lowest BCUT2D eigenvalue weighted by Gasteiger charge is -2.30. The second-order valence-corrected chi connectivity index (χ2v) is 5.50. The summed E-state index contributed by atoms with van der Waals surface area (Å²) in [5.74, 6) is -0.116. The predicted molar refractivity (Wildman–Crippen MR) is 80.9 cm³/mol. The molecule has 0 fully saturated rings. The van der Waals surface area contributed by atoms with Gasteiger partial charge in [0.05, 0.1) is 5.56 Å². The molecule has 1 rings (SSSR count). The Hall–Kier alpha value is -1.20. The Kier molecular flexibility index (Phi) is 6.18. The molecule has 1 amide bonds. The molecule has 0 aliphatic heterocycles. The van der Waals surface area contributed by atoms with E-state index in [0.717, 1.165) is 6.54 Å². The lowest BCUT2D eigenvalue weighted by atomic mass is 10.2. The van der Waals surface area contributed by atoms with Crippen molar-refractivity contribution in [2.75, 3.05) is 13.1 Å². The SMILES string of the molecule is CC(C)N(CCNC(=O)c1ccc[nH]c1=S)C(C)C. The fourth-order valence-electron chi connectivity index (χ4n) is 2.11. The van der Waals surface area contributed by atoms with Crippen LogP contribution in [0.3, 0.4) is 0 Å². The van der Waals surface area contributed by atoms with Crippen molar-refractivity contribution < 1.29 is 4.79 Å². The van der Waals surface area contributed by atoms with Crippen LogP contribution in [-0.4, -0.2) is 41.0 Å². The van der Waals surface area contributed by atoms with Crippen molar-refractivity contribution in [1.29, 1.82) is 0 Å². The van der Waals surface area contributed by atoms with Crippen LogP contribution in [0.15, 0.2) is 18.3 Å². The highest BCUT2D eigenvalue weighted by atomic mass is 32.1. The summed E-state index contributed by atoms with van der Waals surface area (Å²) in [7, 11) is 0. The molecule has 5 heteroatoms. The van der Waals surface area contributed by atoms with E-state index in [1.54, 1.807) is 18.3 Å². The first kappa shape index (κ1) is 15.9. The monoisotopic (exact) mass is 281 g/mol. The molecule has 0 saturated carbocycles. The van der Waals surface area contributed by atoms with E-state index in [1.807, 2.05) is 0 Å². The van der Waals surface area contributed by atoms with Crippen LogP contribution in [0.5, 0.6) is 0 Å². The third kappa shape index (κ3) is 4.76. The molecular weight excluding hydrogens is 258 g/mol. The maximum Gasteiger partial charge on any atom is 0.254 e. The largest absolute Gasteiger partial charge is 0.352 e. The van der Waals surface area contributed by atoms with E-state index in [-0.39, 0.29) is 5.91 Å². The van der Waals surface area contributed by atoms with Gasteiger partial charge >= 0.3 is 0 Å². The Balaban J connectivity index is 2.52. The van der Waals surface area contributed by atoms with Gasteiger partial charge in [-0.2, -0.15) is 0 Å². The number of carbonyl (C=O) groups is 1. The summed E-state index contributed by atoms with van der Waals surface area (Å²) < 4.78 is 0.476. The minimum atomic E-state index is -0.116. The van der Waals surface area contributed by atoms with Crippen molar-refractivity contribution in [3.8, 4) is 0 Å². The number of hydrogen-bond acceptors (Lipinski definition) is 3. The van der Waals surface area contributed by atoms with E-state index >= 15 is 0 Å². The van der Waals surface area contributed by atoms with Crippen LogP contribution in [0.2, 0.25) is 0 Å². The molecule has 0 aliphatic carbocycles. The number of carbonyl (C=O) groups excluding carboxylic acids is 1. The lowest BCUT2D eigenvalue weighted by Crippen LogP contribution is -2.42. The van der Waals surface area contributed by atoms with Crippen molar-refractivity contribution in [1.82, 2.24) is 15.2 Å². The molecule has 0 spiro atoms. The van der Waals surface area contributed by atoms with Crippen LogP contribution >= 0.6 is 12.2 Å². The van der Waals surface area contributed by atoms with Crippen molar-refractivity contribution in [3.63, 3.8) is 0 Å². The van der Waals surface area contributed by atoms with Crippen LogP contribution in [0.25, 0.3) is 0 Å². The van der Waals surface area contributed by atoms with Crippen LogP contribution in [0.1, 0.15) is 38.1 Å². The molecule has 1 heterocycles. The number of amides is 1. The molecule has 2 N–H and O–H groups in total.